The number of rotatable bonds is 3. The number of carbonyl (C=O) groups excluding carboxylic acids is 1. The third kappa shape index (κ3) is 9.14. The molecular weight excluding hydrogens is 210 g/mol. The number of ether oxygens (including phenoxy) is 1. The van der Waals surface area contributed by atoms with Gasteiger partial charge in [-0.3, -0.25) is 0 Å². The minimum atomic E-state index is -1.16. The standard InChI is InChI=1S/C6H6.C5H11NO3.H2O/c1-2-4-6-5-3-1;1-2-9-5(8)4(7)3-6;/h1-6H;4,7H,2-3,6H2,1H3;1H2. The van der Waals surface area contributed by atoms with Crippen LogP contribution in [-0.4, -0.2) is 35.8 Å². The maximum Gasteiger partial charge on any atom is 0.336 e. The summed E-state index contributed by atoms with van der Waals surface area (Å²) in [5, 5.41) is 8.66. The normalized spacial score (nSPS) is 10.2. The summed E-state index contributed by atoms with van der Waals surface area (Å²) >= 11 is 0. The smallest absolute Gasteiger partial charge is 0.336 e. The van der Waals surface area contributed by atoms with E-state index in [1.807, 2.05) is 36.4 Å². The van der Waals surface area contributed by atoms with Crippen LogP contribution in [-0.2, 0) is 9.53 Å². The molecule has 0 aliphatic heterocycles. The molecule has 0 spiro atoms. The summed E-state index contributed by atoms with van der Waals surface area (Å²) in [6, 6.07) is 12.0. The van der Waals surface area contributed by atoms with Crippen molar-refractivity contribution in [2.45, 2.75) is 13.0 Å². The third-order valence-corrected chi connectivity index (χ3v) is 1.45. The third-order valence-electron chi connectivity index (χ3n) is 1.45. The molecule has 0 saturated heterocycles. The van der Waals surface area contributed by atoms with Crippen LogP contribution in [0.1, 0.15) is 6.92 Å². The van der Waals surface area contributed by atoms with Crippen LogP contribution < -0.4 is 5.73 Å². The van der Waals surface area contributed by atoms with E-state index in [2.05, 4.69) is 4.74 Å². The second kappa shape index (κ2) is 11.6. The SMILES string of the molecule is CCOC(=O)C(O)CN.O.c1ccccc1. The molecule has 1 unspecified atom stereocenters. The molecule has 0 radical (unpaired) electrons. The van der Waals surface area contributed by atoms with E-state index in [0.717, 1.165) is 0 Å². The van der Waals surface area contributed by atoms with Gasteiger partial charge in [-0.25, -0.2) is 4.79 Å². The first-order valence-electron chi connectivity index (χ1n) is 4.77. The van der Waals surface area contributed by atoms with Crippen LogP contribution in [0.5, 0.6) is 0 Å². The number of nitrogens with two attached hydrogens (primary N) is 1. The minimum absolute atomic E-state index is 0. The van der Waals surface area contributed by atoms with Gasteiger partial charge in [0.05, 0.1) is 6.61 Å². The Labute approximate surface area is 95.2 Å². The molecule has 0 aromatic heterocycles. The Balaban J connectivity index is 0. The molecule has 5 nitrogen and oxygen atoms in total. The molecule has 0 saturated carbocycles. The molecule has 16 heavy (non-hydrogen) atoms. The fraction of sp³-hybridized carbons (Fsp3) is 0.364. The Hall–Kier alpha value is -1.43. The number of aliphatic hydroxyl groups excluding tert-OH is 1. The molecule has 92 valence electrons. The minimum Gasteiger partial charge on any atom is -0.464 e. The summed E-state index contributed by atoms with van der Waals surface area (Å²) in [4.78, 5) is 10.4. The Morgan fingerprint density at radius 3 is 1.88 bits per heavy atom. The number of aliphatic hydroxyl groups is 1. The fourth-order valence-corrected chi connectivity index (χ4v) is 0.720. The van der Waals surface area contributed by atoms with E-state index in [1.54, 1.807) is 6.92 Å². The molecule has 0 heterocycles. The lowest BCUT2D eigenvalue weighted by Crippen LogP contribution is -2.30. The number of benzene rings is 1. The van der Waals surface area contributed by atoms with Crippen molar-refractivity contribution >= 4 is 5.97 Å². The summed E-state index contributed by atoms with van der Waals surface area (Å²) in [5.41, 5.74) is 4.95. The van der Waals surface area contributed by atoms with Crippen molar-refractivity contribution in [3.63, 3.8) is 0 Å². The quantitative estimate of drug-likeness (QED) is 0.696. The van der Waals surface area contributed by atoms with Crippen molar-refractivity contribution in [3.05, 3.63) is 36.4 Å². The van der Waals surface area contributed by atoms with Crippen molar-refractivity contribution in [1.82, 2.24) is 0 Å². The van der Waals surface area contributed by atoms with Crippen molar-refractivity contribution in [2.24, 2.45) is 5.73 Å². The molecule has 1 aromatic carbocycles. The maximum atomic E-state index is 10.4. The largest absolute Gasteiger partial charge is 0.464 e. The Bertz CT molecular complexity index is 227. The van der Waals surface area contributed by atoms with Crippen LogP contribution >= 0.6 is 0 Å². The van der Waals surface area contributed by atoms with Crippen LogP contribution in [0.2, 0.25) is 0 Å². The maximum absolute atomic E-state index is 10.4. The first-order valence-corrected chi connectivity index (χ1v) is 4.77. The lowest BCUT2D eigenvalue weighted by Gasteiger charge is -2.04. The molecule has 0 fully saturated rings. The van der Waals surface area contributed by atoms with Crippen LogP contribution in [0.25, 0.3) is 0 Å². The predicted molar refractivity (Wildman–Crippen MR) is 61.8 cm³/mol. The lowest BCUT2D eigenvalue weighted by molar-refractivity contribution is -0.152. The first-order chi connectivity index (χ1) is 7.22. The Kier molecular flexibility index (Phi) is 12.4. The Morgan fingerprint density at radius 2 is 1.62 bits per heavy atom. The number of esters is 1. The van der Waals surface area contributed by atoms with Gasteiger partial charge in [0.1, 0.15) is 0 Å². The highest BCUT2D eigenvalue weighted by atomic mass is 16.5. The van der Waals surface area contributed by atoms with Crippen LogP contribution in [0.15, 0.2) is 36.4 Å². The molecule has 0 aliphatic carbocycles. The Morgan fingerprint density at radius 1 is 1.25 bits per heavy atom. The van der Waals surface area contributed by atoms with Gasteiger partial charge in [-0.15, -0.1) is 0 Å². The van der Waals surface area contributed by atoms with Crippen molar-refractivity contribution in [1.29, 1.82) is 0 Å². The van der Waals surface area contributed by atoms with Gasteiger partial charge in [0.25, 0.3) is 0 Å². The van der Waals surface area contributed by atoms with E-state index in [1.165, 1.54) is 0 Å². The molecule has 1 rings (SSSR count). The topological polar surface area (TPSA) is 104 Å². The lowest BCUT2D eigenvalue weighted by atomic mass is 10.4. The highest BCUT2D eigenvalue weighted by Gasteiger charge is 2.12. The van der Waals surface area contributed by atoms with Crippen LogP contribution in [0, 0.1) is 0 Å². The van der Waals surface area contributed by atoms with E-state index in [0.29, 0.717) is 0 Å². The van der Waals surface area contributed by atoms with Gasteiger partial charge in [-0.1, -0.05) is 36.4 Å². The molecule has 0 aliphatic rings. The average molecular weight is 229 g/mol. The first kappa shape index (κ1) is 17.0. The van der Waals surface area contributed by atoms with Crippen LogP contribution in [0.4, 0.5) is 0 Å². The highest BCUT2D eigenvalue weighted by Crippen LogP contribution is 1.84. The molecule has 5 heteroatoms. The van der Waals surface area contributed by atoms with E-state index in [-0.39, 0.29) is 18.6 Å². The molecule has 0 amide bonds. The zero-order valence-electron chi connectivity index (χ0n) is 9.30. The number of hydrogen-bond acceptors (Lipinski definition) is 4. The zero-order valence-corrected chi connectivity index (χ0v) is 9.30. The number of hydrogen-bond donors (Lipinski definition) is 2. The van der Waals surface area contributed by atoms with Gasteiger partial charge < -0.3 is 21.1 Å². The predicted octanol–water partition coefficient (Wildman–Crippen LogP) is -0.269. The molecule has 1 atom stereocenters. The van der Waals surface area contributed by atoms with Gasteiger partial charge >= 0.3 is 5.97 Å². The molecule has 0 bridgehead atoms. The van der Waals surface area contributed by atoms with Crippen molar-refractivity contribution in [3.8, 4) is 0 Å². The molecule has 5 N–H and O–H groups in total. The van der Waals surface area contributed by atoms with Gasteiger partial charge in [0, 0.05) is 6.54 Å². The second-order valence-electron chi connectivity index (χ2n) is 2.66. The van der Waals surface area contributed by atoms with Crippen LogP contribution in [0.3, 0.4) is 0 Å². The summed E-state index contributed by atoms with van der Waals surface area (Å²) in [5.74, 6) is -0.653. The highest BCUT2D eigenvalue weighted by molar-refractivity contribution is 5.74. The monoisotopic (exact) mass is 229 g/mol. The van der Waals surface area contributed by atoms with E-state index in [4.69, 9.17) is 10.8 Å². The van der Waals surface area contributed by atoms with Gasteiger partial charge in [-0.2, -0.15) is 0 Å². The van der Waals surface area contributed by atoms with Crippen molar-refractivity contribution in [2.75, 3.05) is 13.2 Å². The van der Waals surface area contributed by atoms with E-state index >= 15 is 0 Å². The van der Waals surface area contributed by atoms with Gasteiger partial charge in [0.2, 0.25) is 0 Å². The van der Waals surface area contributed by atoms with E-state index < -0.39 is 12.1 Å². The fourth-order valence-electron chi connectivity index (χ4n) is 0.720. The van der Waals surface area contributed by atoms with Gasteiger partial charge in [-0.05, 0) is 6.92 Å². The summed E-state index contributed by atoms with van der Waals surface area (Å²) < 4.78 is 4.43. The number of carbonyl (C=O) groups is 1. The second-order valence-corrected chi connectivity index (χ2v) is 2.66. The zero-order chi connectivity index (χ0) is 11.5. The summed E-state index contributed by atoms with van der Waals surface area (Å²) in [7, 11) is 0. The molecule has 1 aromatic rings. The van der Waals surface area contributed by atoms with Gasteiger partial charge in [0.15, 0.2) is 6.10 Å². The summed E-state index contributed by atoms with van der Waals surface area (Å²) in [6.07, 6.45) is -1.16. The van der Waals surface area contributed by atoms with Crippen molar-refractivity contribution < 1.29 is 20.1 Å². The summed E-state index contributed by atoms with van der Waals surface area (Å²) in [6.45, 7) is 1.86. The molecular formula is C11H19NO4. The van der Waals surface area contributed by atoms with E-state index in [9.17, 15) is 4.79 Å². The average Bonchev–Trinajstić information content (AvgIpc) is 2.31.